The molecule has 0 spiro atoms. The molecule has 0 fully saturated rings. The minimum absolute atomic E-state index is 0.0627. The monoisotopic (exact) mass is 355 g/mol. The van der Waals surface area contributed by atoms with Gasteiger partial charge in [0.1, 0.15) is 5.75 Å². The van der Waals surface area contributed by atoms with Crippen LogP contribution in [0.5, 0.6) is 5.75 Å². The molecule has 0 saturated heterocycles. The predicted molar refractivity (Wildman–Crippen MR) is 83.8 cm³/mol. The maximum absolute atomic E-state index is 12.2. The Labute approximate surface area is 141 Å². The summed E-state index contributed by atoms with van der Waals surface area (Å²) in [4.78, 5) is 23.7. The van der Waals surface area contributed by atoms with Crippen molar-refractivity contribution in [2.75, 3.05) is 12.4 Å². The zero-order chi connectivity index (χ0) is 17.7. The molecule has 24 heavy (non-hydrogen) atoms. The summed E-state index contributed by atoms with van der Waals surface area (Å²) in [5.74, 6) is -1.16. The van der Waals surface area contributed by atoms with Crippen molar-refractivity contribution in [3.05, 3.63) is 58.6 Å². The summed E-state index contributed by atoms with van der Waals surface area (Å²) in [6, 6.07) is 9.42. The third-order valence-corrected chi connectivity index (χ3v) is 3.31. The first-order chi connectivity index (χ1) is 11.4. The van der Waals surface area contributed by atoms with Gasteiger partial charge >= 0.3 is 12.6 Å². The van der Waals surface area contributed by atoms with Gasteiger partial charge in [0, 0.05) is 5.56 Å². The Kier molecular flexibility index (Phi) is 5.70. The Hall–Kier alpha value is -2.67. The molecule has 0 heterocycles. The quantitative estimate of drug-likeness (QED) is 0.824. The van der Waals surface area contributed by atoms with Crippen molar-refractivity contribution in [1.82, 2.24) is 0 Å². The lowest BCUT2D eigenvalue weighted by Crippen LogP contribution is -2.13. The number of amides is 1. The van der Waals surface area contributed by atoms with Crippen LogP contribution in [-0.2, 0) is 4.74 Å². The van der Waals surface area contributed by atoms with Crippen LogP contribution in [0.4, 0.5) is 14.5 Å². The van der Waals surface area contributed by atoms with Gasteiger partial charge in [-0.1, -0.05) is 11.6 Å². The van der Waals surface area contributed by atoms with Crippen molar-refractivity contribution in [2.24, 2.45) is 0 Å². The molecular formula is C16H12ClF2NO4. The second kappa shape index (κ2) is 7.74. The molecule has 1 N–H and O–H groups in total. The van der Waals surface area contributed by atoms with E-state index in [9.17, 15) is 18.4 Å². The van der Waals surface area contributed by atoms with Gasteiger partial charge in [-0.2, -0.15) is 8.78 Å². The fourth-order valence-electron chi connectivity index (χ4n) is 1.85. The van der Waals surface area contributed by atoms with Crippen LogP contribution in [0.3, 0.4) is 0 Å². The highest BCUT2D eigenvalue weighted by Gasteiger charge is 2.13. The zero-order valence-electron chi connectivity index (χ0n) is 12.4. The normalized spacial score (nSPS) is 10.4. The van der Waals surface area contributed by atoms with Crippen LogP contribution in [0.1, 0.15) is 20.7 Å². The molecule has 0 unspecified atom stereocenters. The number of hydrogen-bond acceptors (Lipinski definition) is 4. The van der Waals surface area contributed by atoms with E-state index in [1.165, 1.54) is 49.6 Å². The summed E-state index contributed by atoms with van der Waals surface area (Å²) in [6.07, 6.45) is 0. The van der Waals surface area contributed by atoms with Crippen LogP contribution in [0.25, 0.3) is 0 Å². The fraction of sp³-hybridized carbons (Fsp3) is 0.125. The third kappa shape index (κ3) is 4.42. The average molecular weight is 356 g/mol. The number of methoxy groups -OCH3 is 1. The predicted octanol–water partition coefficient (Wildman–Crippen LogP) is 3.98. The standard InChI is InChI=1S/C16H12ClF2NO4/c1-23-15(22)10-4-7-12(17)13(8-10)20-14(21)9-2-5-11(6-3-9)24-16(18)19/h2-8,16H,1H3,(H,20,21). The number of carbonyl (C=O) groups is 2. The first kappa shape index (κ1) is 17.7. The molecule has 1 amide bonds. The Morgan fingerprint density at radius 1 is 1.08 bits per heavy atom. The van der Waals surface area contributed by atoms with Gasteiger partial charge in [0.25, 0.3) is 5.91 Å². The number of hydrogen-bond donors (Lipinski definition) is 1. The largest absolute Gasteiger partial charge is 0.465 e. The molecule has 5 nitrogen and oxygen atoms in total. The SMILES string of the molecule is COC(=O)c1ccc(Cl)c(NC(=O)c2ccc(OC(F)F)cc2)c1. The lowest BCUT2D eigenvalue weighted by Gasteiger charge is -2.10. The van der Waals surface area contributed by atoms with Crippen LogP contribution >= 0.6 is 11.6 Å². The van der Waals surface area contributed by atoms with Gasteiger partial charge in [0.2, 0.25) is 0 Å². The summed E-state index contributed by atoms with van der Waals surface area (Å²) < 4.78 is 33.0. The zero-order valence-corrected chi connectivity index (χ0v) is 13.1. The molecule has 0 saturated carbocycles. The van der Waals surface area contributed by atoms with Crippen LogP contribution in [0.15, 0.2) is 42.5 Å². The minimum Gasteiger partial charge on any atom is -0.465 e. The van der Waals surface area contributed by atoms with Gasteiger partial charge in [0.05, 0.1) is 23.4 Å². The summed E-state index contributed by atoms with van der Waals surface area (Å²) in [5, 5.41) is 2.77. The molecule has 0 bridgehead atoms. The van der Waals surface area contributed by atoms with Crippen molar-refractivity contribution >= 4 is 29.2 Å². The number of rotatable bonds is 5. The molecule has 0 aliphatic rings. The lowest BCUT2D eigenvalue weighted by atomic mass is 10.1. The topological polar surface area (TPSA) is 64.6 Å². The van der Waals surface area contributed by atoms with E-state index in [4.69, 9.17) is 11.6 Å². The number of halogens is 3. The van der Waals surface area contributed by atoms with E-state index in [-0.39, 0.29) is 27.6 Å². The van der Waals surface area contributed by atoms with Crippen LogP contribution in [0, 0.1) is 0 Å². The molecule has 0 aromatic heterocycles. The van der Waals surface area contributed by atoms with Gasteiger partial charge < -0.3 is 14.8 Å². The number of anilines is 1. The molecule has 2 aromatic carbocycles. The summed E-state index contributed by atoms with van der Waals surface area (Å²) >= 11 is 5.99. The minimum atomic E-state index is -2.94. The van der Waals surface area contributed by atoms with Crippen LogP contribution in [0.2, 0.25) is 5.02 Å². The Bertz CT molecular complexity index is 750. The molecule has 0 aliphatic carbocycles. The fourth-order valence-corrected chi connectivity index (χ4v) is 2.01. The van der Waals surface area contributed by atoms with Crippen molar-refractivity contribution in [3.63, 3.8) is 0 Å². The summed E-state index contributed by atoms with van der Waals surface area (Å²) in [7, 11) is 1.23. The number of carbonyl (C=O) groups excluding carboxylic acids is 2. The van der Waals surface area contributed by atoms with Crippen molar-refractivity contribution in [1.29, 1.82) is 0 Å². The highest BCUT2D eigenvalue weighted by molar-refractivity contribution is 6.34. The van der Waals surface area contributed by atoms with E-state index in [0.29, 0.717) is 0 Å². The van der Waals surface area contributed by atoms with Gasteiger partial charge in [0.15, 0.2) is 0 Å². The van der Waals surface area contributed by atoms with E-state index in [1.54, 1.807) is 0 Å². The molecule has 126 valence electrons. The number of alkyl halides is 2. The molecule has 2 rings (SSSR count). The van der Waals surface area contributed by atoms with E-state index < -0.39 is 18.5 Å². The molecule has 8 heteroatoms. The average Bonchev–Trinajstić information content (AvgIpc) is 2.56. The summed E-state index contributed by atoms with van der Waals surface area (Å²) in [6.45, 7) is -2.94. The number of ether oxygens (including phenoxy) is 2. The highest BCUT2D eigenvalue weighted by Crippen LogP contribution is 2.24. The molecule has 0 atom stereocenters. The van der Waals surface area contributed by atoms with Crippen LogP contribution < -0.4 is 10.1 Å². The van der Waals surface area contributed by atoms with Gasteiger partial charge in [-0.25, -0.2) is 4.79 Å². The Morgan fingerprint density at radius 2 is 1.71 bits per heavy atom. The van der Waals surface area contributed by atoms with E-state index in [2.05, 4.69) is 14.8 Å². The number of benzene rings is 2. The molecular weight excluding hydrogens is 344 g/mol. The molecule has 0 aliphatic heterocycles. The third-order valence-electron chi connectivity index (χ3n) is 2.98. The second-order valence-corrected chi connectivity index (χ2v) is 4.95. The summed E-state index contributed by atoms with van der Waals surface area (Å²) in [5.41, 5.74) is 0.645. The second-order valence-electron chi connectivity index (χ2n) is 4.54. The van der Waals surface area contributed by atoms with E-state index >= 15 is 0 Å². The van der Waals surface area contributed by atoms with Gasteiger partial charge in [-0.15, -0.1) is 0 Å². The number of esters is 1. The van der Waals surface area contributed by atoms with Crippen LogP contribution in [-0.4, -0.2) is 25.6 Å². The van der Waals surface area contributed by atoms with Gasteiger partial charge in [-0.05, 0) is 42.5 Å². The van der Waals surface area contributed by atoms with Crippen molar-refractivity contribution in [2.45, 2.75) is 6.61 Å². The van der Waals surface area contributed by atoms with Crippen molar-refractivity contribution < 1.29 is 27.8 Å². The maximum atomic E-state index is 12.2. The number of nitrogens with one attached hydrogen (secondary N) is 1. The van der Waals surface area contributed by atoms with E-state index in [1.807, 2.05) is 0 Å². The Balaban J connectivity index is 2.15. The molecule has 0 radical (unpaired) electrons. The first-order valence-electron chi connectivity index (χ1n) is 6.65. The smallest absolute Gasteiger partial charge is 0.387 e. The maximum Gasteiger partial charge on any atom is 0.387 e. The highest BCUT2D eigenvalue weighted by atomic mass is 35.5. The van der Waals surface area contributed by atoms with Gasteiger partial charge in [-0.3, -0.25) is 4.79 Å². The Morgan fingerprint density at radius 3 is 2.29 bits per heavy atom. The first-order valence-corrected chi connectivity index (χ1v) is 7.02. The lowest BCUT2D eigenvalue weighted by molar-refractivity contribution is -0.0498. The van der Waals surface area contributed by atoms with Crippen molar-refractivity contribution in [3.8, 4) is 5.75 Å². The van der Waals surface area contributed by atoms with E-state index in [0.717, 1.165) is 0 Å². The molecule has 2 aromatic rings.